The summed E-state index contributed by atoms with van der Waals surface area (Å²) in [5.74, 6) is 0.593. The predicted molar refractivity (Wildman–Crippen MR) is 132 cm³/mol. The molecule has 0 aromatic heterocycles. The lowest BCUT2D eigenvalue weighted by Crippen LogP contribution is -2.21. The smallest absolute Gasteiger partial charge is 0.169 e. The third kappa shape index (κ3) is 6.69. The van der Waals surface area contributed by atoms with Crippen molar-refractivity contribution in [3.05, 3.63) is 69.6 Å². The minimum absolute atomic E-state index is 0.0547. The predicted octanol–water partition coefficient (Wildman–Crippen LogP) is 5.10. The van der Waals surface area contributed by atoms with Crippen LogP contribution in [0.5, 0.6) is 5.75 Å². The van der Waals surface area contributed by atoms with Gasteiger partial charge in [-0.1, -0.05) is 59.8 Å². The van der Waals surface area contributed by atoms with E-state index >= 15 is 0 Å². The Morgan fingerprint density at radius 3 is 2.66 bits per heavy atom. The summed E-state index contributed by atoms with van der Waals surface area (Å²) in [5.41, 5.74) is 1.95. The number of aliphatic hydroxyl groups excluding tert-OH is 2. The molecule has 0 bridgehead atoms. The lowest BCUT2D eigenvalue weighted by Gasteiger charge is -2.17. The second kappa shape index (κ2) is 11.7. The molecule has 5 nitrogen and oxygen atoms in total. The van der Waals surface area contributed by atoms with Crippen molar-refractivity contribution in [2.45, 2.75) is 44.8 Å². The van der Waals surface area contributed by atoms with Crippen molar-refractivity contribution in [2.24, 2.45) is 4.99 Å². The maximum atomic E-state index is 12.9. The normalized spacial score (nSPS) is 20.6. The number of rotatable bonds is 7. The van der Waals surface area contributed by atoms with Crippen LogP contribution in [-0.2, 0) is 4.79 Å². The highest BCUT2D eigenvalue weighted by molar-refractivity contribution is 8.18. The van der Waals surface area contributed by atoms with Gasteiger partial charge in [-0.25, -0.2) is 0 Å². The van der Waals surface area contributed by atoms with Crippen molar-refractivity contribution >= 4 is 40.3 Å². The number of nitrogens with zero attached hydrogens (tertiary/aromatic N) is 1. The second-order valence-corrected chi connectivity index (χ2v) is 9.40. The summed E-state index contributed by atoms with van der Waals surface area (Å²) in [7, 11) is 0. The molecule has 0 saturated carbocycles. The van der Waals surface area contributed by atoms with E-state index in [9.17, 15) is 9.90 Å². The molecule has 170 valence electrons. The molecule has 0 spiro atoms. The topological polar surface area (TPSA) is 79.1 Å². The number of ether oxygens (including phenoxy) is 1. The van der Waals surface area contributed by atoms with E-state index in [0.29, 0.717) is 22.1 Å². The molecular formula is C25H28ClNO4S. The largest absolute Gasteiger partial charge is 0.489 e. The lowest BCUT2D eigenvalue weighted by atomic mass is 9.94. The van der Waals surface area contributed by atoms with E-state index in [-0.39, 0.29) is 31.0 Å². The Kier molecular flexibility index (Phi) is 8.93. The summed E-state index contributed by atoms with van der Waals surface area (Å²) >= 11 is 7.77. The molecule has 1 aliphatic heterocycles. The Balaban J connectivity index is 1.87. The number of allylic oxidation sites excluding steroid dienone is 1. The van der Waals surface area contributed by atoms with Crippen LogP contribution < -0.4 is 4.74 Å². The average molecular weight is 474 g/mol. The molecule has 0 radical (unpaired) electrons. The van der Waals surface area contributed by atoms with Gasteiger partial charge in [0.15, 0.2) is 5.78 Å². The summed E-state index contributed by atoms with van der Waals surface area (Å²) in [4.78, 5) is 18.4. The zero-order chi connectivity index (χ0) is 23.1. The number of hydrogen-bond acceptors (Lipinski definition) is 6. The molecular weight excluding hydrogens is 446 g/mol. The van der Waals surface area contributed by atoms with Crippen molar-refractivity contribution in [1.29, 1.82) is 0 Å². The number of Topliss-reactive ketones (excluding diaryl/α,β-unsaturated/α-hetero) is 1. The number of halogens is 1. The van der Waals surface area contributed by atoms with Crippen molar-refractivity contribution in [3.8, 4) is 5.75 Å². The van der Waals surface area contributed by atoms with Gasteiger partial charge in [-0.2, -0.15) is 0 Å². The molecule has 7 heteroatoms. The number of aliphatic imine (C=N–C) groups is 1. The van der Waals surface area contributed by atoms with Crippen LogP contribution in [0.1, 0.15) is 43.7 Å². The van der Waals surface area contributed by atoms with Gasteiger partial charge in [-0.3, -0.25) is 9.79 Å². The zero-order valence-corrected chi connectivity index (χ0v) is 19.8. The van der Waals surface area contributed by atoms with Gasteiger partial charge < -0.3 is 14.9 Å². The highest BCUT2D eigenvalue weighted by atomic mass is 35.5. The van der Waals surface area contributed by atoms with Crippen LogP contribution in [0.4, 0.5) is 0 Å². The zero-order valence-electron chi connectivity index (χ0n) is 18.2. The number of carbonyl (C=O) groups excluding carboxylic acids is 1. The number of thioether (sulfide) groups is 1. The number of ketones is 1. The Morgan fingerprint density at radius 2 is 2.00 bits per heavy atom. The molecule has 2 aromatic rings. The van der Waals surface area contributed by atoms with E-state index in [1.807, 2.05) is 44.2 Å². The van der Waals surface area contributed by atoms with Gasteiger partial charge in [0.25, 0.3) is 0 Å². The van der Waals surface area contributed by atoms with Gasteiger partial charge in [-0.05, 0) is 49.6 Å². The SMILES string of the molecule is CC(C)N=C1S/C(=C\c2ccc(OCC(O)CO)c(Cl)c2)C(=O)CCC1c1ccccc1. The fourth-order valence-electron chi connectivity index (χ4n) is 3.35. The Bertz CT molecular complexity index is 991. The first-order valence-electron chi connectivity index (χ1n) is 10.6. The third-order valence-electron chi connectivity index (χ3n) is 4.93. The Labute approximate surface area is 198 Å². The van der Waals surface area contributed by atoms with Crippen LogP contribution in [0.15, 0.2) is 58.4 Å². The fraction of sp³-hybridized carbons (Fsp3) is 0.360. The van der Waals surface area contributed by atoms with E-state index in [4.69, 9.17) is 26.4 Å². The first-order valence-corrected chi connectivity index (χ1v) is 11.8. The van der Waals surface area contributed by atoms with Crippen molar-refractivity contribution < 1.29 is 19.7 Å². The van der Waals surface area contributed by atoms with Crippen LogP contribution in [0, 0.1) is 0 Å². The maximum absolute atomic E-state index is 12.9. The van der Waals surface area contributed by atoms with Crippen LogP contribution >= 0.6 is 23.4 Å². The van der Waals surface area contributed by atoms with Crippen LogP contribution in [0.3, 0.4) is 0 Å². The maximum Gasteiger partial charge on any atom is 0.169 e. The fourth-order valence-corrected chi connectivity index (χ4v) is 4.89. The monoisotopic (exact) mass is 473 g/mol. The minimum atomic E-state index is -0.968. The summed E-state index contributed by atoms with van der Waals surface area (Å²) in [6.45, 7) is 3.64. The molecule has 1 aliphatic rings. The van der Waals surface area contributed by atoms with Crippen LogP contribution in [0.2, 0.25) is 5.02 Å². The molecule has 0 aliphatic carbocycles. The van der Waals surface area contributed by atoms with Crippen molar-refractivity contribution in [3.63, 3.8) is 0 Å². The molecule has 1 fully saturated rings. The van der Waals surface area contributed by atoms with Gasteiger partial charge in [0.2, 0.25) is 0 Å². The Hall–Kier alpha value is -2.12. The van der Waals surface area contributed by atoms with E-state index in [1.165, 1.54) is 17.3 Å². The van der Waals surface area contributed by atoms with Gasteiger partial charge in [0.05, 0.1) is 21.6 Å². The highest BCUT2D eigenvalue weighted by Crippen LogP contribution is 2.38. The van der Waals surface area contributed by atoms with Gasteiger partial charge in [-0.15, -0.1) is 0 Å². The van der Waals surface area contributed by atoms with Crippen molar-refractivity contribution in [1.82, 2.24) is 0 Å². The van der Waals surface area contributed by atoms with E-state index in [2.05, 4.69) is 12.1 Å². The van der Waals surface area contributed by atoms with Gasteiger partial charge >= 0.3 is 0 Å². The summed E-state index contributed by atoms with van der Waals surface area (Å²) in [6.07, 6.45) is 2.04. The van der Waals surface area contributed by atoms with Crippen LogP contribution in [0.25, 0.3) is 6.08 Å². The van der Waals surface area contributed by atoms with Crippen LogP contribution in [-0.4, -0.2) is 46.4 Å². The summed E-state index contributed by atoms with van der Waals surface area (Å²) in [5, 5.41) is 19.7. The van der Waals surface area contributed by atoms with E-state index in [1.54, 1.807) is 12.1 Å². The second-order valence-electron chi connectivity index (χ2n) is 7.93. The van der Waals surface area contributed by atoms with Crippen molar-refractivity contribution in [2.75, 3.05) is 13.2 Å². The molecule has 2 aromatic carbocycles. The number of hydrogen-bond donors (Lipinski definition) is 2. The Morgan fingerprint density at radius 1 is 1.25 bits per heavy atom. The molecule has 0 amide bonds. The number of carbonyl (C=O) groups is 1. The van der Waals surface area contributed by atoms with E-state index < -0.39 is 6.10 Å². The van der Waals surface area contributed by atoms with Gasteiger partial charge in [0, 0.05) is 18.4 Å². The quantitative estimate of drug-likeness (QED) is 0.547. The molecule has 32 heavy (non-hydrogen) atoms. The molecule has 1 saturated heterocycles. The minimum Gasteiger partial charge on any atom is -0.489 e. The van der Waals surface area contributed by atoms with E-state index in [0.717, 1.165) is 17.0 Å². The average Bonchev–Trinajstić information content (AvgIpc) is 2.92. The number of aliphatic hydroxyl groups is 2. The lowest BCUT2D eigenvalue weighted by molar-refractivity contribution is -0.114. The molecule has 2 unspecified atom stereocenters. The number of benzene rings is 2. The van der Waals surface area contributed by atoms with Gasteiger partial charge in [0.1, 0.15) is 18.5 Å². The first-order chi connectivity index (χ1) is 15.4. The molecule has 2 N–H and O–H groups in total. The molecule has 2 atom stereocenters. The molecule has 3 rings (SSSR count). The highest BCUT2D eigenvalue weighted by Gasteiger charge is 2.28. The standard InChI is InChI=1S/C25H28ClNO4S/c1-16(2)27-25-20(18-6-4-3-5-7-18)9-10-22(30)24(32-25)13-17-8-11-23(21(26)12-17)31-15-19(29)14-28/h3-8,11-13,16,19-20,28-29H,9-10,14-15H2,1-2H3/b24-13-,27-25?. The summed E-state index contributed by atoms with van der Waals surface area (Å²) in [6, 6.07) is 15.6. The first kappa shape index (κ1) is 24.5. The molecule has 1 heterocycles. The third-order valence-corrected chi connectivity index (χ3v) is 6.39. The summed E-state index contributed by atoms with van der Waals surface area (Å²) < 4.78 is 5.45.